The molecule has 29 heavy (non-hydrogen) atoms. The zero-order valence-electron chi connectivity index (χ0n) is 15.5. The van der Waals surface area contributed by atoms with Gasteiger partial charge in [-0.05, 0) is 48.0 Å². The van der Waals surface area contributed by atoms with Crippen LogP contribution in [0.1, 0.15) is 15.9 Å². The Bertz CT molecular complexity index is 1300. The number of methoxy groups -OCH3 is 1. The number of aromatic amines is 1. The monoisotopic (exact) mass is 403 g/mol. The first-order valence-corrected chi connectivity index (χ1v) is 9.63. The number of benzene rings is 2. The third-order valence-corrected chi connectivity index (χ3v) is 5.27. The summed E-state index contributed by atoms with van der Waals surface area (Å²) in [6, 6.07) is 14.6. The molecule has 0 amide bonds. The summed E-state index contributed by atoms with van der Waals surface area (Å²) in [6.07, 6.45) is 8.55. The second-order valence-electron chi connectivity index (χ2n) is 6.23. The van der Waals surface area contributed by atoms with Gasteiger partial charge in [0.1, 0.15) is 5.75 Å². The van der Waals surface area contributed by atoms with E-state index in [9.17, 15) is 9.59 Å². The Hall–Kier alpha value is -3.71. The normalized spacial score (nSPS) is 12.3. The number of ketones is 1. The number of rotatable bonds is 5. The molecule has 0 radical (unpaired) electrons. The number of hydrogen-bond donors (Lipinski definition) is 1. The number of H-pyrrole nitrogens is 1. The lowest BCUT2D eigenvalue weighted by molar-refractivity contribution is 0.106. The van der Waals surface area contributed by atoms with Crippen molar-refractivity contribution in [3.05, 3.63) is 97.9 Å². The maximum absolute atomic E-state index is 12.4. The maximum atomic E-state index is 12.4. The molecule has 4 rings (SSSR count). The summed E-state index contributed by atoms with van der Waals surface area (Å²) < 4.78 is 8.05. The van der Waals surface area contributed by atoms with Crippen molar-refractivity contribution >= 4 is 29.3 Å². The Labute approximate surface area is 170 Å². The molecule has 0 aliphatic heterocycles. The first-order valence-electron chi connectivity index (χ1n) is 8.82. The molecule has 0 saturated carbocycles. The summed E-state index contributed by atoms with van der Waals surface area (Å²) in [4.78, 5) is 31.4. The molecule has 1 N–H and O–H groups in total. The summed E-state index contributed by atoms with van der Waals surface area (Å²) in [7, 11) is 1.57. The van der Waals surface area contributed by atoms with Crippen LogP contribution in [0.2, 0.25) is 0 Å². The number of hydrogen-bond acceptors (Lipinski definition) is 5. The summed E-state index contributed by atoms with van der Waals surface area (Å²) in [5, 5.41) is 0. The second kappa shape index (κ2) is 8.12. The molecule has 4 aromatic rings. The van der Waals surface area contributed by atoms with Gasteiger partial charge in [0.15, 0.2) is 5.78 Å². The van der Waals surface area contributed by atoms with E-state index in [4.69, 9.17) is 4.74 Å². The zero-order chi connectivity index (χ0) is 20.2. The molecule has 0 bridgehead atoms. The molecule has 0 spiro atoms. The minimum Gasteiger partial charge on any atom is -0.497 e. The largest absolute Gasteiger partial charge is 0.497 e. The number of imidazole rings is 1. The number of nitrogens with one attached hydrogen (secondary N) is 1. The molecule has 0 fully saturated rings. The fourth-order valence-electron chi connectivity index (χ4n) is 2.79. The Kier molecular flexibility index (Phi) is 5.22. The molecule has 0 atom stereocenters. The molecule has 0 aliphatic carbocycles. The van der Waals surface area contributed by atoms with Gasteiger partial charge >= 0.3 is 0 Å². The minimum atomic E-state index is -0.220. The van der Waals surface area contributed by atoms with Crippen LogP contribution in [0.5, 0.6) is 5.75 Å². The third kappa shape index (κ3) is 4.25. The van der Waals surface area contributed by atoms with Crippen LogP contribution >= 0.6 is 11.3 Å². The predicted octanol–water partition coefficient (Wildman–Crippen LogP) is 2.12. The molecule has 7 heteroatoms. The van der Waals surface area contributed by atoms with Crippen LogP contribution in [-0.2, 0) is 0 Å². The number of carbonyl (C=O) groups excluding carboxylic acids is 1. The summed E-state index contributed by atoms with van der Waals surface area (Å²) >= 11 is 1.25. The van der Waals surface area contributed by atoms with Gasteiger partial charge in [-0.2, -0.15) is 0 Å². The predicted molar refractivity (Wildman–Crippen MR) is 113 cm³/mol. The first kappa shape index (κ1) is 18.6. The van der Waals surface area contributed by atoms with Crippen LogP contribution in [0.15, 0.2) is 72.0 Å². The Balaban J connectivity index is 1.60. The third-order valence-electron chi connectivity index (χ3n) is 4.31. The Morgan fingerprint density at radius 1 is 1.14 bits per heavy atom. The maximum Gasteiger partial charge on any atom is 0.266 e. The van der Waals surface area contributed by atoms with Crippen LogP contribution in [0.25, 0.3) is 17.8 Å². The van der Waals surface area contributed by atoms with E-state index >= 15 is 0 Å². The van der Waals surface area contributed by atoms with Gasteiger partial charge in [0.25, 0.3) is 5.56 Å². The average molecular weight is 403 g/mol. The molecule has 2 aromatic heterocycles. The van der Waals surface area contributed by atoms with Crippen molar-refractivity contribution in [2.75, 3.05) is 7.11 Å². The molecule has 0 aliphatic rings. The highest BCUT2D eigenvalue weighted by atomic mass is 32.1. The number of carbonyl (C=O) groups is 1. The van der Waals surface area contributed by atoms with Gasteiger partial charge < -0.3 is 14.3 Å². The van der Waals surface area contributed by atoms with E-state index < -0.39 is 0 Å². The van der Waals surface area contributed by atoms with Crippen LogP contribution in [0.3, 0.4) is 0 Å². The zero-order valence-corrected chi connectivity index (χ0v) is 16.3. The standard InChI is InChI=1S/C22H17N3O3S/c1-28-18-8-4-16(5-9-18)19(26)13-21-24-22(27)20(29-21)12-15-2-6-17(7-3-15)25-11-10-23-14-25/h2-14H,1H3,(H,24,27)/b20-12+,21-13+. The van der Waals surface area contributed by atoms with Crippen LogP contribution < -0.4 is 19.5 Å². The molecule has 6 nitrogen and oxygen atoms in total. The van der Waals surface area contributed by atoms with Crippen LogP contribution in [0, 0.1) is 0 Å². The SMILES string of the molecule is COc1ccc(C(=O)/C=c2\[nH]c(=O)/c(=C\c3ccc(-n4ccnc4)cc3)s2)cc1. The topological polar surface area (TPSA) is 77.0 Å². The first-order chi connectivity index (χ1) is 14.1. The Morgan fingerprint density at radius 3 is 2.55 bits per heavy atom. The lowest BCUT2D eigenvalue weighted by atomic mass is 10.1. The molecule has 0 saturated heterocycles. The quantitative estimate of drug-likeness (QED) is 0.518. The van der Waals surface area contributed by atoms with Gasteiger partial charge in [-0.25, -0.2) is 4.98 Å². The van der Waals surface area contributed by atoms with Crippen molar-refractivity contribution in [3.63, 3.8) is 0 Å². The molecule has 2 heterocycles. The van der Waals surface area contributed by atoms with Gasteiger partial charge in [0, 0.05) is 29.7 Å². The fourth-order valence-corrected chi connectivity index (χ4v) is 3.67. The van der Waals surface area contributed by atoms with Gasteiger partial charge in [0.05, 0.1) is 22.6 Å². The average Bonchev–Trinajstić information content (AvgIpc) is 3.39. The highest BCUT2D eigenvalue weighted by molar-refractivity contribution is 7.07. The lowest BCUT2D eigenvalue weighted by Gasteiger charge is -2.01. The summed E-state index contributed by atoms with van der Waals surface area (Å²) in [5.74, 6) is 0.503. The van der Waals surface area contributed by atoms with Crippen molar-refractivity contribution in [3.8, 4) is 11.4 Å². The number of nitrogens with zero attached hydrogens (tertiary/aromatic N) is 2. The van der Waals surface area contributed by atoms with Crippen LogP contribution in [-0.4, -0.2) is 27.4 Å². The molecular weight excluding hydrogens is 386 g/mol. The van der Waals surface area contributed by atoms with Gasteiger partial charge in [0.2, 0.25) is 0 Å². The fraction of sp³-hybridized carbons (Fsp3) is 0.0455. The van der Waals surface area contributed by atoms with E-state index in [1.165, 1.54) is 17.4 Å². The van der Waals surface area contributed by atoms with E-state index in [1.807, 2.05) is 35.0 Å². The smallest absolute Gasteiger partial charge is 0.266 e. The molecule has 2 aromatic carbocycles. The van der Waals surface area contributed by atoms with E-state index in [-0.39, 0.29) is 11.3 Å². The number of Topliss-reactive ketones (excluding diaryl/α,β-unsaturated/α-hetero) is 1. The van der Waals surface area contributed by atoms with Crippen molar-refractivity contribution in [1.82, 2.24) is 14.5 Å². The van der Waals surface area contributed by atoms with Crippen LogP contribution in [0.4, 0.5) is 0 Å². The van der Waals surface area contributed by atoms with Crippen molar-refractivity contribution in [2.45, 2.75) is 0 Å². The number of thiazole rings is 1. The lowest BCUT2D eigenvalue weighted by Crippen LogP contribution is -2.20. The number of aromatic nitrogens is 3. The highest BCUT2D eigenvalue weighted by Gasteiger charge is 2.04. The number of ether oxygens (including phenoxy) is 1. The van der Waals surface area contributed by atoms with Crippen molar-refractivity contribution < 1.29 is 9.53 Å². The Morgan fingerprint density at radius 2 is 1.90 bits per heavy atom. The highest BCUT2D eigenvalue weighted by Crippen LogP contribution is 2.12. The minimum absolute atomic E-state index is 0.179. The van der Waals surface area contributed by atoms with Gasteiger partial charge in [-0.15, -0.1) is 11.3 Å². The van der Waals surface area contributed by atoms with E-state index in [0.717, 1.165) is 11.3 Å². The molecular formula is C22H17N3O3S. The molecule has 144 valence electrons. The molecule has 0 unspecified atom stereocenters. The van der Waals surface area contributed by atoms with Gasteiger partial charge in [-0.3, -0.25) is 9.59 Å². The van der Waals surface area contributed by atoms with Gasteiger partial charge in [-0.1, -0.05) is 12.1 Å². The van der Waals surface area contributed by atoms with E-state index in [2.05, 4.69) is 9.97 Å². The van der Waals surface area contributed by atoms with E-state index in [1.54, 1.807) is 50.0 Å². The van der Waals surface area contributed by atoms with Crippen molar-refractivity contribution in [1.29, 1.82) is 0 Å². The van der Waals surface area contributed by atoms with Crippen molar-refractivity contribution in [2.24, 2.45) is 0 Å². The second-order valence-corrected chi connectivity index (χ2v) is 7.31. The van der Waals surface area contributed by atoms with E-state index in [0.29, 0.717) is 20.5 Å². The summed E-state index contributed by atoms with van der Waals surface area (Å²) in [6.45, 7) is 0. The summed E-state index contributed by atoms with van der Waals surface area (Å²) in [5.41, 5.74) is 2.19.